The maximum absolute atomic E-state index is 4.59. The molecule has 4 rings (SSSR count). The van der Waals surface area contributed by atoms with Gasteiger partial charge in [-0.2, -0.15) is 0 Å². The Balaban J connectivity index is 1.97. The molecule has 4 aromatic rings. The first-order valence-corrected chi connectivity index (χ1v) is 8.36. The fraction of sp³-hybridized carbons (Fsp3) is 0.136. The second-order valence-electron chi connectivity index (χ2n) is 6.36. The number of fused-ring (bicyclic) bond motifs is 1. The molecule has 118 valence electrons. The largest absolute Gasteiger partial charge is 0.299 e. The summed E-state index contributed by atoms with van der Waals surface area (Å²) < 4.78 is 2.18. The highest BCUT2D eigenvalue weighted by Crippen LogP contribution is 2.32. The lowest BCUT2D eigenvalue weighted by Crippen LogP contribution is -1.99. The van der Waals surface area contributed by atoms with Gasteiger partial charge in [0.05, 0.1) is 5.69 Å². The summed E-state index contributed by atoms with van der Waals surface area (Å²) in [5.41, 5.74) is 3.68. The quantitative estimate of drug-likeness (QED) is 0.466. The van der Waals surface area contributed by atoms with Crippen LogP contribution in [0.5, 0.6) is 0 Å². The Morgan fingerprint density at radius 3 is 2.25 bits per heavy atom. The molecule has 0 atom stereocenters. The van der Waals surface area contributed by atoms with Crippen molar-refractivity contribution in [3.63, 3.8) is 0 Å². The molecular weight excluding hydrogens is 292 g/mol. The van der Waals surface area contributed by atoms with E-state index in [2.05, 4.69) is 71.9 Å². The normalized spacial score (nSPS) is 11.3. The van der Waals surface area contributed by atoms with Gasteiger partial charge in [-0.3, -0.25) is 4.57 Å². The Hall–Kier alpha value is -2.87. The summed E-state index contributed by atoms with van der Waals surface area (Å²) in [5.74, 6) is 1.47. The topological polar surface area (TPSA) is 17.8 Å². The van der Waals surface area contributed by atoms with Gasteiger partial charge in [-0.15, -0.1) is 0 Å². The highest BCUT2D eigenvalue weighted by molar-refractivity contribution is 5.93. The molecule has 1 heterocycles. The molecule has 24 heavy (non-hydrogen) atoms. The summed E-state index contributed by atoms with van der Waals surface area (Å²) >= 11 is 0. The molecule has 0 aliphatic rings. The van der Waals surface area contributed by atoms with Crippen molar-refractivity contribution in [1.29, 1.82) is 0 Å². The highest BCUT2D eigenvalue weighted by Gasteiger charge is 2.13. The van der Waals surface area contributed by atoms with Gasteiger partial charge in [0.15, 0.2) is 0 Å². The van der Waals surface area contributed by atoms with Crippen molar-refractivity contribution in [2.75, 3.05) is 0 Å². The molecule has 0 aliphatic heterocycles. The zero-order valence-corrected chi connectivity index (χ0v) is 14.0. The predicted octanol–water partition coefficient (Wildman–Crippen LogP) is 5.82. The molecule has 2 heteroatoms. The van der Waals surface area contributed by atoms with Crippen LogP contribution >= 0.6 is 0 Å². The molecule has 0 saturated heterocycles. The molecule has 3 aromatic carbocycles. The first-order chi connectivity index (χ1) is 11.8. The van der Waals surface area contributed by atoms with Crippen LogP contribution in [0.15, 0.2) is 79.1 Å². The predicted molar refractivity (Wildman–Crippen MR) is 101 cm³/mol. The van der Waals surface area contributed by atoms with Crippen LogP contribution < -0.4 is 0 Å². The van der Waals surface area contributed by atoms with E-state index < -0.39 is 0 Å². The Kier molecular flexibility index (Phi) is 3.66. The maximum Gasteiger partial charge on any atom is 0.144 e. The van der Waals surface area contributed by atoms with Crippen LogP contribution in [-0.2, 0) is 0 Å². The fourth-order valence-corrected chi connectivity index (χ4v) is 3.32. The van der Waals surface area contributed by atoms with Gasteiger partial charge in [-0.25, -0.2) is 4.98 Å². The van der Waals surface area contributed by atoms with E-state index >= 15 is 0 Å². The molecule has 0 saturated carbocycles. The fourth-order valence-electron chi connectivity index (χ4n) is 3.32. The van der Waals surface area contributed by atoms with Crippen LogP contribution in [0.4, 0.5) is 0 Å². The van der Waals surface area contributed by atoms with Crippen LogP contribution in [0.25, 0.3) is 27.8 Å². The minimum Gasteiger partial charge on any atom is -0.299 e. The van der Waals surface area contributed by atoms with Crippen molar-refractivity contribution in [2.45, 2.75) is 19.8 Å². The molecule has 0 aliphatic carbocycles. The van der Waals surface area contributed by atoms with Crippen molar-refractivity contribution in [2.24, 2.45) is 0 Å². The summed E-state index contributed by atoms with van der Waals surface area (Å²) in [7, 11) is 0. The summed E-state index contributed by atoms with van der Waals surface area (Å²) in [4.78, 5) is 4.59. The number of hydrogen-bond donors (Lipinski definition) is 0. The van der Waals surface area contributed by atoms with Gasteiger partial charge in [-0.1, -0.05) is 74.5 Å². The van der Waals surface area contributed by atoms with Crippen LogP contribution in [0.1, 0.15) is 25.3 Å². The molecular formula is C22H20N2. The third-order valence-corrected chi connectivity index (χ3v) is 4.49. The second-order valence-corrected chi connectivity index (χ2v) is 6.36. The Bertz CT molecular complexity index is 981. The molecule has 0 fully saturated rings. The summed E-state index contributed by atoms with van der Waals surface area (Å²) in [6.07, 6.45) is 3.91. The standard InChI is InChI=1S/C22H20N2/c1-16(2)18-12-13-21(20-11-7-6-10-19(18)20)24-15-14-23-22(24)17-8-4-3-5-9-17/h3-16H,1-2H3. The van der Waals surface area contributed by atoms with E-state index in [-0.39, 0.29) is 0 Å². The zero-order chi connectivity index (χ0) is 16.5. The summed E-state index contributed by atoms with van der Waals surface area (Å²) in [6.45, 7) is 4.49. The average Bonchev–Trinajstić information content (AvgIpc) is 3.11. The van der Waals surface area contributed by atoms with E-state index in [9.17, 15) is 0 Å². The SMILES string of the molecule is CC(C)c1ccc(-n2ccnc2-c2ccccc2)c2ccccc12. The molecule has 0 N–H and O–H groups in total. The lowest BCUT2D eigenvalue weighted by Gasteiger charge is -2.16. The third-order valence-electron chi connectivity index (χ3n) is 4.49. The molecule has 2 nitrogen and oxygen atoms in total. The van der Waals surface area contributed by atoms with Gasteiger partial charge in [0.1, 0.15) is 5.82 Å². The minimum atomic E-state index is 0.500. The average molecular weight is 312 g/mol. The first kappa shape index (κ1) is 14.7. The van der Waals surface area contributed by atoms with Crippen molar-refractivity contribution >= 4 is 10.8 Å². The minimum absolute atomic E-state index is 0.500. The molecule has 0 unspecified atom stereocenters. The monoisotopic (exact) mass is 312 g/mol. The van der Waals surface area contributed by atoms with Crippen LogP contribution in [0.2, 0.25) is 0 Å². The molecule has 0 amide bonds. The number of benzene rings is 3. The van der Waals surface area contributed by atoms with E-state index in [1.54, 1.807) is 0 Å². The van der Waals surface area contributed by atoms with Crippen molar-refractivity contribution in [1.82, 2.24) is 9.55 Å². The lowest BCUT2D eigenvalue weighted by atomic mass is 9.95. The molecule has 1 aromatic heterocycles. The highest BCUT2D eigenvalue weighted by atomic mass is 15.1. The summed E-state index contributed by atoms with van der Waals surface area (Å²) in [5, 5.41) is 2.58. The second kappa shape index (κ2) is 5.97. The Morgan fingerprint density at radius 2 is 1.50 bits per heavy atom. The number of nitrogens with zero attached hydrogens (tertiary/aromatic N) is 2. The number of imidazole rings is 1. The van der Waals surface area contributed by atoms with E-state index in [0.29, 0.717) is 5.92 Å². The van der Waals surface area contributed by atoms with E-state index in [4.69, 9.17) is 0 Å². The number of hydrogen-bond acceptors (Lipinski definition) is 1. The lowest BCUT2D eigenvalue weighted by molar-refractivity contribution is 0.875. The van der Waals surface area contributed by atoms with Gasteiger partial charge in [0, 0.05) is 23.3 Å². The smallest absolute Gasteiger partial charge is 0.144 e. The van der Waals surface area contributed by atoms with Crippen LogP contribution in [-0.4, -0.2) is 9.55 Å². The molecule has 0 spiro atoms. The van der Waals surface area contributed by atoms with Crippen molar-refractivity contribution in [3.05, 3.63) is 84.7 Å². The Labute approximate surface area is 142 Å². The molecule has 0 bridgehead atoms. The van der Waals surface area contributed by atoms with Gasteiger partial charge in [0.2, 0.25) is 0 Å². The van der Waals surface area contributed by atoms with Crippen LogP contribution in [0, 0.1) is 0 Å². The molecule has 0 radical (unpaired) electrons. The van der Waals surface area contributed by atoms with Crippen molar-refractivity contribution < 1.29 is 0 Å². The van der Waals surface area contributed by atoms with E-state index in [0.717, 1.165) is 11.4 Å². The number of aromatic nitrogens is 2. The number of rotatable bonds is 3. The van der Waals surface area contributed by atoms with E-state index in [1.807, 2.05) is 30.6 Å². The van der Waals surface area contributed by atoms with Crippen molar-refractivity contribution in [3.8, 4) is 17.1 Å². The van der Waals surface area contributed by atoms with Gasteiger partial charge in [0.25, 0.3) is 0 Å². The van der Waals surface area contributed by atoms with Crippen LogP contribution in [0.3, 0.4) is 0 Å². The Morgan fingerprint density at radius 1 is 0.792 bits per heavy atom. The van der Waals surface area contributed by atoms with E-state index in [1.165, 1.54) is 22.0 Å². The summed E-state index contributed by atoms with van der Waals surface area (Å²) in [6, 6.07) is 23.4. The van der Waals surface area contributed by atoms with Gasteiger partial charge >= 0.3 is 0 Å². The van der Waals surface area contributed by atoms with Gasteiger partial charge < -0.3 is 0 Å². The van der Waals surface area contributed by atoms with Gasteiger partial charge in [-0.05, 0) is 22.9 Å². The first-order valence-electron chi connectivity index (χ1n) is 8.36. The third kappa shape index (κ3) is 2.41. The zero-order valence-electron chi connectivity index (χ0n) is 14.0. The maximum atomic E-state index is 4.59.